The van der Waals surface area contributed by atoms with E-state index in [1.165, 1.54) is 43.0 Å². The molecule has 1 aliphatic rings. The summed E-state index contributed by atoms with van der Waals surface area (Å²) in [4.78, 5) is 6.58. The fraction of sp³-hybridized carbons (Fsp3) is 0.208. The normalized spacial score (nSPS) is 15.1. The van der Waals surface area contributed by atoms with E-state index in [0.29, 0.717) is 0 Å². The summed E-state index contributed by atoms with van der Waals surface area (Å²) in [7, 11) is 0. The molecule has 4 aromatic rings. The minimum Gasteiger partial charge on any atom is -0.337 e. The van der Waals surface area contributed by atoms with Crippen LogP contribution in [0.5, 0.6) is 0 Å². The lowest BCUT2D eigenvalue weighted by Gasteiger charge is -2.22. The zero-order valence-electron chi connectivity index (χ0n) is 16.3. The van der Waals surface area contributed by atoms with E-state index < -0.39 is 0 Å². The summed E-state index contributed by atoms with van der Waals surface area (Å²) in [5.74, 6) is 0. The zero-order valence-corrected chi connectivity index (χ0v) is 17.1. The Hall–Kier alpha value is -2.66. The van der Waals surface area contributed by atoms with Crippen LogP contribution in [0.3, 0.4) is 0 Å². The lowest BCUT2D eigenvalue weighted by molar-refractivity contribution is -0.958. The van der Waals surface area contributed by atoms with Crippen molar-refractivity contribution in [3.63, 3.8) is 0 Å². The third kappa shape index (κ3) is 3.79. The SMILES string of the molecule is Clc1ccc2nc(-c3ccc(-c4ccccc4)cc3)c(C[NH+]3CC[NH2+]CC3)n2c1. The summed E-state index contributed by atoms with van der Waals surface area (Å²) in [6.45, 7) is 5.70. The Morgan fingerprint density at radius 2 is 1.55 bits per heavy atom. The molecule has 1 saturated heterocycles. The molecule has 2 aromatic carbocycles. The molecule has 1 fully saturated rings. The Kier molecular flexibility index (Phi) is 5.06. The van der Waals surface area contributed by atoms with Gasteiger partial charge in [-0.2, -0.15) is 0 Å². The van der Waals surface area contributed by atoms with E-state index in [-0.39, 0.29) is 0 Å². The van der Waals surface area contributed by atoms with Crippen molar-refractivity contribution in [2.24, 2.45) is 0 Å². The molecule has 2 aromatic heterocycles. The summed E-state index contributed by atoms with van der Waals surface area (Å²) >= 11 is 6.32. The first kappa shape index (κ1) is 18.4. The van der Waals surface area contributed by atoms with Gasteiger partial charge >= 0.3 is 0 Å². The molecule has 1 aliphatic heterocycles. The van der Waals surface area contributed by atoms with E-state index in [2.05, 4.69) is 58.2 Å². The van der Waals surface area contributed by atoms with Crippen molar-refractivity contribution in [2.45, 2.75) is 6.54 Å². The Labute approximate surface area is 175 Å². The lowest BCUT2D eigenvalue weighted by atomic mass is 10.0. The molecule has 0 unspecified atom stereocenters. The van der Waals surface area contributed by atoms with Gasteiger partial charge in [-0.1, -0.05) is 66.2 Å². The molecule has 0 amide bonds. The molecule has 0 saturated carbocycles. The number of pyridine rings is 1. The molecular formula is C24H25ClN4+2. The van der Waals surface area contributed by atoms with Gasteiger partial charge in [-0.15, -0.1) is 0 Å². The van der Waals surface area contributed by atoms with E-state index in [9.17, 15) is 0 Å². The summed E-state index contributed by atoms with van der Waals surface area (Å²) in [6.07, 6.45) is 2.00. The standard InChI is InChI=1S/C24H23ClN4/c25-21-10-11-23-27-24(22(29(23)16-21)17-28-14-12-26-13-15-28)20-8-6-19(7-9-20)18-4-2-1-3-5-18/h1-11,16,26H,12-15,17H2/p+2. The van der Waals surface area contributed by atoms with Crippen LogP contribution in [-0.2, 0) is 6.54 Å². The topological polar surface area (TPSA) is 38.3 Å². The van der Waals surface area contributed by atoms with Gasteiger partial charge in [-0.3, -0.25) is 4.40 Å². The van der Waals surface area contributed by atoms with Crippen LogP contribution in [0.2, 0.25) is 5.02 Å². The number of halogens is 1. The van der Waals surface area contributed by atoms with Crippen LogP contribution < -0.4 is 10.2 Å². The molecule has 0 spiro atoms. The van der Waals surface area contributed by atoms with E-state index in [1.807, 2.05) is 24.4 Å². The van der Waals surface area contributed by atoms with Gasteiger partial charge in [0.25, 0.3) is 0 Å². The maximum Gasteiger partial charge on any atom is 0.137 e. The summed E-state index contributed by atoms with van der Waals surface area (Å²) in [5.41, 5.74) is 6.87. The predicted molar refractivity (Wildman–Crippen MR) is 117 cm³/mol. The van der Waals surface area contributed by atoms with Crippen LogP contribution in [0, 0.1) is 0 Å². The second kappa shape index (κ2) is 7.99. The van der Waals surface area contributed by atoms with Gasteiger partial charge < -0.3 is 10.2 Å². The summed E-state index contributed by atoms with van der Waals surface area (Å²) in [5, 5.41) is 3.14. The quantitative estimate of drug-likeness (QED) is 0.538. The molecule has 29 heavy (non-hydrogen) atoms. The molecule has 0 radical (unpaired) electrons. The highest BCUT2D eigenvalue weighted by molar-refractivity contribution is 6.30. The highest BCUT2D eigenvalue weighted by Crippen LogP contribution is 2.28. The third-order valence-corrected chi connectivity index (χ3v) is 5.99. The number of imidazole rings is 1. The van der Waals surface area contributed by atoms with Gasteiger partial charge in [0.15, 0.2) is 0 Å². The van der Waals surface area contributed by atoms with Crippen LogP contribution in [0.1, 0.15) is 5.69 Å². The van der Waals surface area contributed by atoms with E-state index in [0.717, 1.165) is 28.5 Å². The number of nitrogens with two attached hydrogens (primary N) is 1. The van der Waals surface area contributed by atoms with E-state index >= 15 is 0 Å². The lowest BCUT2D eigenvalue weighted by Crippen LogP contribution is -3.19. The molecule has 3 heterocycles. The Balaban J connectivity index is 1.55. The number of piperazine rings is 1. The zero-order chi connectivity index (χ0) is 19.6. The number of aromatic nitrogens is 2. The Morgan fingerprint density at radius 1 is 0.862 bits per heavy atom. The van der Waals surface area contributed by atoms with Crippen LogP contribution in [0.15, 0.2) is 72.9 Å². The fourth-order valence-electron chi connectivity index (χ4n) is 4.21. The largest absolute Gasteiger partial charge is 0.337 e. The van der Waals surface area contributed by atoms with E-state index in [1.54, 1.807) is 4.90 Å². The number of rotatable bonds is 4. The van der Waals surface area contributed by atoms with Crippen molar-refractivity contribution in [1.82, 2.24) is 9.38 Å². The molecular weight excluding hydrogens is 380 g/mol. The maximum absolute atomic E-state index is 6.32. The summed E-state index contributed by atoms with van der Waals surface area (Å²) in [6, 6.07) is 23.2. The highest BCUT2D eigenvalue weighted by Gasteiger charge is 2.22. The Morgan fingerprint density at radius 3 is 2.31 bits per heavy atom. The second-order valence-electron chi connectivity index (χ2n) is 7.72. The predicted octanol–water partition coefficient (Wildman–Crippen LogP) is 2.28. The number of hydrogen-bond donors (Lipinski definition) is 2. The van der Waals surface area contributed by atoms with Crippen LogP contribution >= 0.6 is 11.6 Å². The molecule has 0 bridgehead atoms. The van der Waals surface area contributed by atoms with Crippen molar-refractivity contribution in [1.29, 1.82) is 0 Å². The molecule has 0 atom stereocenters. The number of fused-ring (bicyclic) bond motifs is 1. The van der Waals surface area contributed by atoms with Gasteiger partial charge in [0, 0.05) is 11.8 Å². The molecule has 0 aliphatic carbocycles. The van der Waals surface area contributed by atoms with Gasteiger partial charge in [-0.05, 0) is 23.3 Å². The molecule has 5 heteroatoms. The van der Waals surface area contributed by atoms with Crippen molar-refractivity contribution < 1.29 is 10.2 Å². The average molecular weight is 405 g/mol. The van der Waals surface area contributed by atoms with Crippen molar-refractivity contribution in [2.75, 3.05) is 26.2 Å². The summed E-state index contributed by atoms with van der Waals surface area (Å²) < 4.78 is 2.17. The van der Waals surface area contributed by atoms with Crippen LogP contribution in [-0.4, -0.2) is 35.6 Å². The van der Waals surface area contributed by atoms with E-state index in [4.69, 9.17) is 16.6 Å². The van der Waals surface area contributed by atoms with Crippen LogP contribution in [0.4, 0.5) is 0 Å². The number of benzene rings is 2. The molecule has 5 rings (SSSR count). The first-order chi connectivity index (χ1) is 14.3. The van der Waals surface area contributed by atoms with Gasteiger partial charge in [0.2, 0.25) is 0 Å². The van der Waals surface area contributed by atoms with Crippen molar-refractivity contribution in [3.8, 4) is 22.4 Å². The second-order valence-corrected chi connectivity index (χ2v) is 8.16. The first-order valence-electron chi connectivity index (χ1n) is 10.3. The average Bonchev–Trinajstić information content (AvgIpc) is 3.13. The maximum atomic E-state index is 6.32. The number of nitrogens with one attached hydrogen (secondary N) is 1. The van der Waals surface area contributed by atoms with Crippen molar-refractivity contribution in [3.05, 3.63) is 83.6 Å². The van der Waals surface area contributed by atoms with Gasteiger partial charge in [0.05, 0.1) is 10.7 Å². The van der Waals surface area contributed by atoms with Crippen LogP contribution in [0.25, 0.3) is 28.0 Å². The first-order valence-corrected chi connectivity index (χ1v) is 10.6. The number of hydrogen-bond acceptors (Lipinski definition) is 1. The molecule has 3 N–H and O–H groups in total. The molecule has 146 valence electrons. The highest BCUT2D eigenvalue weighted by atomic mass is 35.5. The molecule has 4 nitrogen and oxygen atoms in total. The number of quaternary nitrogens is 2. The minimum atomic E-state index is 0.740. The minimum absolute atomic E-state index is 0.740. The smallest absolute Gasteiger partial charge is 0.137 e. The monoisotopic (exact) mass is 404 g/mol. The number of nitrogens with zero attached hydrogens (tertiary/aromatic N) is 2. The third-order valence-electron chi connectivity index (χ3n) is 5.77. The van der Waals surface area contributed by atoms with Crippen molar-refractivity contribution >= 4 is 17.2 Å². The van der Waals surface area contributed by atoms with Gasteiger partial charge in [-0.25, -0.2) is 4.98 Å². The van der Waals surface area contributed by atoms with Gasteiger partial charge in [0.1, 0.15) is 44.1 Å². The fourth-order valence-corrected chi connectivity index (χ4v) is 4.37. The Bertz CT molecular complexity index is 1110.